The zero-order chi connectivity index (χ0) is 18.0. The van der Waals surface area contributed by atoms with E-state index in [9.17, 15) is 19.1 Å². The summed E-state index contributed by atoms with van der Waals surface area (Å²) < 4.78 is 13.0. The maximum atomic E-state index is 13.0. The molecular formula is C18H24FN3O3. The Bertz CT molecular complexity index is 641. The standard InChI is InChI=1S/C18H24FN3O3/c1-21-10-2-9-20-17(25)18(21)7-11-22(12-8-18)16(24)15(23)13-3-5-14(19)6-4-13/h3-6,15,23H,2,7-12H2,1H3,(H,20,25)/t15-/m0/s1. The zero-order valence-electron chi connectivity index (χ0n) is 14.4. The van der Waals surface area contributed by atoms with E-state index >= 15 is 0 Å². The number of hydrogen-bond donors (Lipinski definition) is 2. The monoisotopic (exact) mass is 349 g/mol. The molecule has 0 aromatic heterocycles. The Labute approximate surface area is 146 Å². The molecule has 2 aliphatic rings. The number of piperidine rings is 1. The van der Waals surface area contributed by atoms with Crippen LogP contribution in [0.15, 0.2) is 24.3 Å². The summed E-state index contributed by atoms with van der Waals surface area (Å²) in [5.74, 6) is -0.789. The van der Waals surface area contributed by atoms with Crippen LogP contribution in [0.25, 0.3) is 0 Å². The van der Waals surface area contributed by atoms with Crippen LogP contribution in [0.2, 0.25) is 0 Å². The molecule has 0 unspecified atom stereocenters. The molecule has 2 aliphatic heterocycles. The number of likely N-dealkylation sites (N-methyl/N-ethyl adjacent to an activating group) is 1. The van der Waals surface area contributed by atoms with E-state index in [4.69, 9.17) is 0 Å². The van der Waals surface area contributed by atoms with E-state index in [1.807, 2.05) is 7.05 Å². The number of benzene rings is 1. The van der Waals surface area contributed by atoms with Crippen LogP contribution in [-0.2, 0) is 9.59 Å². The van der Waals surface area contributed by atoms with Crippen LogP contribution in [0.4, 0.5) is 4.39 Å². The predicted octanol–water partition coefficient (Wildman–Crippen LogP) is 0.672. The van der Waals surface area contributed by atoms with Gasteiger partial charge in [0.05, 0.1) is 0 Å². The van der Waals surface area contributed by atoms with Gasteiger partial charge in [-0.3, -0.25) is 14.5 Å². The molecule has 7 heteroatoms. The van der Waals surface area contributed by atoms with E-state index in [0.717, 1.165) is 13.0 Å². The Balaban J connectivity index is 1.67. The number of aliphatic hydroxyl groups is 1. The van der Waals surface area contributed by atoms with E-state index in [-0.39, 0.29) is 5.91 Å². The fraction of sp³-hybridized carbons (Fsp3) is 0.556. The lowest BCUT2D eigenvalue weighted by Crippen LogP contribution is -2.61. The smallest absolute Gasteiger partial charge is 0.256 e. The van der Waals surface area contributed by atoms with Gasteiger partial charge in [-0.15, -0.1) is 0 Å². The van der Waals surface area contributed by atoms with Crippen LogP contribution in [0.3, 0.4) is 0 Å². The van der Waals surface area contributed by atoms with E-state index in [2.05, 4.69) is 10.2 Å². The van der Waals surface area contributed by atoms with Crippen molar-refractivity contribution in [1.82, 2.24) is 15.1 Å². The molecule has 0 bridgehead atoms. The van der Waals surface area contributed by atoms with Gasteiger partial charge >= 0.3 is 0 Å². The van der Waals surface area contributed by atoms with Crippen molar-refractivity contribution in [2.45, 2.75) is 30.9 Å². The summed E-state index contributed by atoms with van der Waals surface area (Å²) in [5.41, 5.74) is -0.204. The molecule has 1 spiro atoms. The SMILES string of the molecule is CN1CCCNC(=O)C12CCN(C(=O)[C@@H](O)c1ccc(F)cc1)CC2. The van der Waals surface area contributed by atoms with Crippen molar-refractivity contribution >= 4 is 11.8 Å². The Hall–Kier alpha value is -1.99. The highest BCUT2D eigenvalue weighted by atomic mass is 19.1. The second-order valence-corrected chi connectivity index (χ2v) is 6.84. The van der Waals surface area contributed by atoms with E-state index < -0.39 is 23.4 Å². The average molecular weight is 349 g/mol. The summed E-state index contributed by atoms with van der Waals surface area (Å²) in [7, 11) is 1.95. The number of halogens is 1. The molecule has 3 rings (SSSR count). The Morgan fingerprint density at radius 2 is 1.88 bits per heavy atom. The van der Waals surface area contributed by atoms with Crippen molar-refractivity contribution in [3.8, 4) is 0 Å². The van der Waals surface area contributed by atoms with E-state index in [1.54, 1.807) is 4.90 Å². The van der Waals surface area contributed by atoms with Crippen LogP contribution in [0.5, 0.6) is 0 Å². The van der Waals surface area contributed by atoms with Crippen molar-refractivity contribution in [2.24, 2.45) is 0 Å². The molecule has 2 saturated heterocycles. The van der Waals surface area contributed by atoms with Gasteiger partial charge in [0.15, 0.2) is 6.10 Å². The van der Waals surface area contributed by atoms with Crippen LogP contribution < -0.4 is 5.32 Å². The molecular weight excluding hydrogens is 325 g/mol. The molecule has 1 atom stereocenters. The highest BCUT2D eigenvalue weighted by Crippen LogP contribution is 2.31. The topological polar surface area (TPSA) is 72.9 Å². The Kier molecular flexibility index (Phi) is 5.06. The first kappa shape index (κ1) is 17.8. The van der Waals surface area contributed by atoms with Gasteiger partial charge in [0, 0.05) is 26.2 Å². The molecule has 1 aromatic rings. The number of hydrogen-bond acceptors (Lipinski definition) is 4. The van der Waals surface area contributed by atoms with Gasteiger partial charge in [-0.2, -0.15) is 0 Å². The second kappa shape index (κ2) is 7.09. The Morgan fingerprint density at radius 3 is 2.52 bits per heavy atom. The Morgan fingerprint density at radius 1 is 1.24 bits per heavy atom. The average Bonchev–Trinajstić information content (AvgIpc) is 2.76. The molecule has 0 aliphatic carbocycles. The number of carbonyl (C=O) groups excluding carboxylic acids is 2. The molecule has 2 amide bonds. The normalized spacial score (nSPS) is 22.4. The third-order valence-electron chi connectivity index (χ3n) is 5.43. The molecule has 0 saturated carbocycles. The lowest BCUT2D eigenvalue weighted by molar-refractivity contribution is -0.147. The lowest BCUT2D eigenvalue weighted by Gasteiger charge is -2.45. The summed E-state index contributed by atoms with van der Waals surface area (Å²) in [6, 6.07) is 5.27. The van der Waals surface area contributed by atoms with Gasteiger partial charge in [-0.05, 0) is 44.0 Å². The van der Waals surface area contributed by atoms with Crippen molar-refractivity contribution in [1.29, 1.82) is 0 Å². The maximum absolute atomic E-state index is 13.0. The number of rotatable bonds is 2. The number of nitrogens with zero attached hydrogens (tertiary/aromatic N) is 2. The minimum absolute atomic E-state index is 0.0266. The van der Waals surface area contributed by atoms with Gasteiger partial charge in [0.1, 0.15) is 11.4 Å². The highest BCUT2D eigenvalue weighted by molar-refractivity contribution is 5.87. The molecule has 6 nitrogen and oxygen atoms in total. The minimum atomic E-state index is -1.31. The van der Waals surface area contributed by atoms with E-state index in [0.29, 0.717) is 38.0 Å². The summed E-state index contributed by atoms with van der Waals surface area (Å²) in [4.78, 5) is 28.8. The van der Waals surface area contributed by atoms with Gasteiger partial charge in [0.25, 0.3) is 5.91 Å². The zero-order valence-corrected chi connectivity index (χ0v) is 14.4. The fourth-order valence-electron chi connectivity index (χ4n) is 3.74. The lowest BCUT2D eigenvalue weighted by atomic mass is 9.84. The maximum Gasteiger partial charge on any atom is 0.256 e. The predicted molar refractivity (Wildman–Crippen MR) is 90.2 cm³/mol. The molecule has 136 valence electrons. The minimum Gasteiger partial charge on any atom is -0.378 e. The molecule has 2 N–H and O–H groups in total. The van der Waals surface area contributed by atoms with Gasteiger partial charge in [-0.1, -0.05) is 12.1 Å². The number of carbonyl (C=O) groups is 2. The summed E-state index contributed by atoms with van der Waals surface area (Å²) in [5, 5.41) is 13.2. The first-order valence-electron chi connectivity index (χ1n) is 8.66. The third-order valence-corrected chi connectivity index (χ3v) is 5.43. The van der Waals surface area contributed by atoms with Crippen LogP contribution in [0, 0.1) is 5.82 Å². The number of nitrogens with one attached hydrogen (secondary N) is 1. The van der Waals surface area contributed by atoms with Crippen LogP contribution in [0.1, 0.15) is 30.9 Å². The van der Waals surface area contributed by atoms with Gasteiger partial charge in [-0.25, -0.2) is 4.39 Å². The van der Waals surface area contributed by atoms with Crippen molar-refractivity contribution < 1.29 is 19.1 Å². The van der Waals surface area contributed by atoms with Crippen LogP contribution >= 0.6 is 0 Å². The molecule has 1 aromatic carbocycles. The molecule has 2 fully saturated rings. The van der Waals surface area contributed by atoms with Crippen LogP contribution in [-0.4, -0.2) is 65.5 Å². The van der Waals surface area contributed by atoms with Gasteiger partial charge in [0.2, 0.25) is 5.91 Å². The van der Waals surface area contributed by atoms with Crippen molar-refractivity contribution in [3.63, 3.8) is 0 Å². The summed E-state index contributed by atoms with van der Waals surface area (Å²) in [6.07, 6.45) is 0.681. The quantitative estimate of drug-likeness (QED) is 0.823. The molecule has 0 radical (unpaired) electrons. The third kappa shape index (κ3) is 3.39. The highest BCUT2D eigenvalue weighted by Gasteiger charge is 2.46. The van der Waals surface area contributed by atoms with Crippen molar-refractivity contribution in [3.05, 3.63) is 35.6 Å². The summed E-state index contributed by atoms with van der Waals surface area (Å²) >= 11 is 0. The number of aliphatic hydroxyl groups excluding tert-OH is 1. The number of likely N-dealkylation sites (tertiary alicyclic amines) is 1. The largest absolute Gasteiger partial charge is 0.378 e. The first-order chi connectivity index (χ1) is 11.9. The fourth-order valence-corrected chi connectivity index (χ4v) is 3.74. The molecule has 25 heavy (non-hydrogen) atoms. The first-order valence-corrected chi connectivity index (χ1v) is 8.66. The van der Waals surface area contributed by atoms with E-state index in [1.165, 1.54) is 24.3 Å². The summed E-state index contributed by atoms with van der Waals surface area (Å²) in [6.45, 7) is 2.34. The second-order valence-electron chi connectivity index (χ2n) is 6.84. The molecule has 2 heterocycles. The van der Waals surface area contributed by atoms with Crippen molar-refractivity contribution in [2.75, 3.05) is 33.2 Å². The number of amides is 2. The van der Waals surface area contributed by atoms with Gasteiger partial charge < -0.3 is 15.3 Å².